The van der Waals surface area contributed by atoms with Gasteiger partial charge in [0.1, 0.15) is 5.58 Å². The van der Waals surface area contributed by atoms with Crippen LogP contribution in [0.1, 0.15) is 28.7 Å². The Bertz CT molecular complexity index is 1780. The Morgan fingerprint density at radius 3 is 2.54 bits per heavy atom. The molecule has 0 bridgehead atoms. The van der Waals surface area contributed by atoms with E-state index in [0.29, 0.717) is 38.6 Å². The van der Waals surface area contributed by atoms with Gasteiger partial charge in [-0.3, -0.25) is 9.36 Å². The molecule has 2 heterocycles. The van der Waals surface area contributed by atoms with Crippen molar-refractivity contribution in [3.8, 4) is 11.8 Å². The fraction of sp³-hybridized carbons (Fsp3) is 0.143. The summed E-state index contributed by atoms with van der Waals surface area (Å²) < 4.78 is 7.08. The highest BCUT2D eigenvalue weighted by Gasteiger charge is 2.17. The number of fused-ring (bicyclic) bond motifs is 3. The standard InChI is InChI=1S/C28H19N3O3S/c29-15-17-8-10-21(11-9-17)31-27(33)22-6-1-2-7-24(22)30-28(31)35-16-20-14-26(32)34-25-13-19-5-3-4-18(19)12-23(20)25/h1-2,6-14H,3-5,16H2. The molecule has 1 aliphatic rings. The number of nitrogens with zero attached hydrogens (tertiary/aromatic N) is 3. The second kappa shape index (κ2) is 8.57. The summed E-state index contributed by atoms with van der Waals surface area (Å²) in [6, 6.07) is 21.9. The van der Waals surface area contributed by atoms with Crippen LogP contribution in [0.15, 0.2) is 85.9 Å². The maximum absolute atomic E-state index is 13.5. The van der Waals surface area contributed by atoms with Gasteiger partial charge in [0.2, 0.25) is 0 Å². The summed E-state index contributed by atoms with van der Waals surface area (Å²) in [6.45, 7) is 0. The van der Waals surface area contributed by atoms with Gasteiger partial charge in [0.05, 0.1) is 28.2 Å². The summed E-state index contributed by atoms with van der Waals surface area (Å²) in [5.74, 6) is 0.446. The van der Waals surface area contributed by atoms with Crippen LogP contribution in [0.25, 0.3) is 27.6 Å². The zero-order valence-corrected chi connectivity index (χ0v) is 19.5. The summed E-state index contributed by atoms with van der Waals surface area (Å²) in [5.41, 5.74) is 5.19. The molecular weight excluding hydrogens is 458 g/mol. The largest absolute Gasteiger partial charge is 0.423 e. The van der Waals surface area contributed by atoms with Crippen LogP contribution in [-0.2, 0) is 18.6 Å². The first kappa shape index (κ1) is 21.4. The lowest BCUT2D eigenvalue weighted by molar-refractivity contribution is 0.559. The molecule has 6 nitrogen and oxygen atoms in total. The van der Waals surface area contributed by atoms with Gasteiger partial charge in [0, 0.05) is 17.2 Å². The zero-order chi connectivity index (χ0) is 23.9. The van der Waals surface area contributed by atoms with Crippen LogP contribution in [-0.4, -0.2) is 9.55 Å². The second-order valence-electron chi connectivity index (χ2n) is 8.56. The molecule has 35 heavy (non-hydrogen) atoms. The highest BCUT2D eigenvalue weighted by molar-refractivity contribution is 7.98. The molecule has 0 saturated carbocycles. The molecule has 0 fully saturated rings. The van der Waals surface area contributed by atoms with Gasteiger partial charge >= 0.3 is 5.63 Å². The van der Waals surface area contributed by atoms with Gasteiger partial charge in [-0.2, -0.15) is 5.26 Å². The van der Waals surface area contributed by atoms with E-state index < -0.39 is 0 Å². The van der Waals surface area contributed by atoms with E-state index in [2.05, 4.69) is 12.1 Å². The molecule has 7 heteroatoms. The number of aromatic nitrogens is 2. The third kappa shape index (κ3) is 3.82. The first-order valence-corrected chi connectivity index (χ1v) is 12.3. The number of nitriles is 1. The van der Waals surface area contributed by atoms with Gasteiger partial charge in [-0.1, -0.05) is 23.9 Å². The van der Waals surface area contributed by atoms with E-state index in [0.717, 1.165) is 30.2 Å². The Hall–Kier alpha value is -4.15. The third-order valence-electron chi connectivity index (χ3n) is 6.40. The summed E-state index contributed by atoms with van der Waals surface area (Å²) >= 11 is 1.40. The number of benzene rings is 3. The SMILES string of the molecule is N#Cc1ccc(-n2c(SCc3cc(=O)oc4cc5c(cc34)CCC5)nc3ccccc3c2=O)cc1. The highest BCUT2D eigenvalue weighted by atomic mass is 32.2. The minimum Gasteiger partial charge on any atom is -0.423 e. The number of hydrogen-bond acceptors (Lipinski definition) is 6. The van der Waals surface area contributed by atoms with Gasteiger partial charge in [-0.05, 0) is 84.5 Å². The molecule has 0 unspecified atom stereocenters. The monoisotopic (exact) mass is 477 g/mol. The number of para-hydroxylation sites is 1. The first-order valence-electron chi connectivity index (χ1n) is 11.3. The fourth-order valence-electron chi connectivity index (χ4n) is 4.68. The Balaban J connectivity index is 1.47. The average Bonchev–Trinajstić information content (AvgIpc) is 3.34. The number of rotatable bonds is 4. The predicted octanol–water partition coefficient (Wildman–Crippen LogP) is 5.14. The third-order valence-corrected chi connectivity index (χ3v) is 7.39. The van der Waals surface area contributed by atoms with Crippen molar-refractivity contribution in [1.29, 1.82) is 5.26 Å². The van der Waals surface area contributed by atoms with Crippen LogP contribution in [0.3, 0.4) is 0 Å². The quantitative estimate of drug-likeness (QED) is 0.202. The zero-order valence-electron chi connectivity index (χ0n) is 18.7. The molecule has 170 valence electrons. The molecule has 2 aromatic heterocycles. The van der Waals surface area contributed by atoms with E-state index in [1.807, 2.05) is 24.3 Å². The lowest BCUT2D eigenvalue weighted by Gasteiger charge is -2.14. The van der Waals surface area contributed by atoms with Crippen LogP contribution in [0, 0.1) is 11.3 Å². The number of aryl methyl sites for hydroxylation is 2. The fourth-order valence-corrected chi connectivity index (χ4v) is 5.68. The molecule has 0 aliphatic heterocycles. The van der Waals surface area contributed by atoms with Crippen LogP contribution < -0.4 is 11.2 Å². The van der Waals surface area contributed by atoms with Crippen molar-refractivity contribution in [1.82, 2.24) is 9.55 Å². The molecule has 6 rings (SSSR count). The molecule has 0 N–H and O–H groups in total. The molecule has 3 aromatic carbocycles. The second-order valence-corrected chi connectivity index (χ2v) is 9.50. The van der Waals surface area contributed by atoms with Crippen molar-refractivity contribution < 1.29 is 4.42 Å². The maximum atomic E-state index is 13.5. The van der Waals surface area contributed by atoms with Crippen LogP contribution in [0.2, 0.25) is 0 Å². The lowest BCUT2D eigenvalue weighted by atomic mass is 10.0. The Morgan fingerprint density at radius 2 is 1.74 bits per heavy atom. The van der Waals surface area contributed by atoms with Gasteiger partial charge < -0.3 is 4.42 Å². The summed E-state index contributed by atoms with van der Waals surface area (Å²) in [6.07, 6.45) is 3.14. The minimum atomic E-state index is -0.387. The van der Waals surface area contributed by atoms with Gasteiger partial charge in [0.15, 0.2) is 5.16 Å². The van der Waals surface area contributed by atoms with E-state index in [4.69, 9.17) is 14.7 Å². The molecule has 0 atom stereocenters. The molecule has 0 amide bonds. The van der Waals surface area contributed by atoms with E-state index >= 15 is 0 Å². The molecule has 0 spiro atoms. The molecule has 1 aliphatic carbocycles. The normalized spacial score (nSPS) is 12.7. The predicted molar refractivity (Wildman–Crippen MR) is 136 cm³/mol. The van der Waals surface area contributed by atoms with Gasteiger partial charge in [-0.25, -0.2) is 9.78 Å². The van der Waals surface area contributed by atoms with Gasteiger partial charge in [0.25, 0.3) is 5.56 Å². The first-order chi connectivity index (χ1) is 17.1. The number of hydrogen-bond donors (Lipinski definition) is 0. The molecular formula is C28H19N3O3S. The van der Waals surface area contributed by atoms with Crippen LogP contribution in [0.5, 0.6) is 0 Å². The van der Waals surface area contributed by atoms with Crippen molar-refractivity contribution in [3.05, 3.63) is 110 Å². The Morgan fingerprint density at radius 1 is 0.971 bits per heavy atom. The van der Waals surface area contributed by atoms with E-state index in [1.54, 1.807) is 34.9 Å². The number of thioether (sulfide) groups is 1. The van der Waals surface area contributed by atoms with Crippen molar-refractivity contribution >= 4 is 33.6 Å². The smallest absolute Gasteiger partial charge is 0.336 e. The molecule has 5 aromatic rings. The van der Waals surface area contributed by atoms with Crippen molar-refractivity contribution in [2.45, 2.75) is 30.2 Å². The topological polar surface area (TPSA) is 88.9 Å². The minimum absolute atomic E-state index is 0.182. The Kier molecular flexibility index (Phi) is 5.24. The summed E-state index contributed by atoms with van der Waals surface area (Å²) in [7, 11) is 0. The van der Waals surface area contributed by atoms with E-state index in [1.165, 1.54) is 29.0 Å². The van der Waals surface area contributed by atoms with Crippen molar-refractivity contribution in [3.63, 3.8) is 0 Å². The van der Waals surface area contributed by atoms with Crippen molar-refractivity contribution in [2.24, 2.45) is 0 Å². The van der Waals surface area contributed by atoms with E-state index in [9.17, 15) is 9.59 Å². The summed E-state index contributed by atoms with van der Waals surface area (Å²) in [5, 5.41) is 11.1. The highest BCUT2D eigenvalue weighted by Crippen LogP contribution is 2.31. The maximum Gasteiger partial charge on any atom is 0.336 e. The average molecular weight is 478 g/mol. The van der Waals surface area contributed by atoms with Crippen molar-refractivity contribution in [2.75, 3.05) is 0 Å². The summed E-state index contributed by atoms with van der Waals surface area (Å²) in [4.78, 5) is 30.6. The van der Waals surface area contributed by atoms with Crippen LogP contribution >= 0.6 is 11.8 Å². The van der Waals surface area contributed by atoms with Crippen LogP contribution in [0.4, 0.5) is 0 Å². The van der Waals surface area contributed by atoms with E-state index in [-0.39, 0.29) is 11.2 Å². The lowest BCUT2D eigenvalue weighted by Crippen LogP contribution is -2.21. The molecule has 0 radical (unpaired) electrons. The Labute approximate surface area is 204 Å². The van der Waals surface area contributed by atoms with Gasteiger partial charge in [-0.15, -0.1) is 0 Å². The molecule has 0 saturated heterocycles.